The summed E-state index contributed by atoms with van der Waals surface area (Å²) in [7, 11) is 0. The molecule has 0 unspecified atom stereocenters. The fourth-order valence-corrected chi connectivity index (χ4v) is 3.10. The molecule has 2 aromatic carbocycles. The van der Waals surface area contributed by atoms with E-state index in [0.29, 0.717) is 18.8 Å². The van der Waals surface area contributed by atoms with Crippen LogP contribution in [0.15, 0.2) is 48.5 Å². The molecule has 0 fully saturated rings. The highest BCUT2D eigenvalue weighted by Gasteiger charge is 2.26. The predicted molar refractivity (Wildman–Crippen MR) is 119 cm³/mol. The number of halogens is 1. The number of hydrogen-bond donors (Lipinski definition) is 1. The Kier molecular flexibility index (Phi) is 8.76. The van der Waals surface area contributed by atoms with Gasteiger partial charge in [0.15, 0.2) is 6.61 Å². The van der Waals surface area contributed by atoms with Gasteiger partial charge in [-0.05, 0) is 72.7 Å². The summed E-state index contributed by atoms with van der Waals surface area (Å²) in [5.41, 5.74) is 2.10. The van der Waals surface area contributed by atoms with Gasteiger partial charge in [-0.15, -0.1) is 0 Å². The lowest BCUT2D eigenvalue weighted by Gasteiger charge is -2.28. The van der Waals surface area contributed by atoms with Gasteiger partial charge in [0.05, 0.1) is 0 Å². The van der Waals surface area contributed by atoms with Crippen molar-refractivity contribution in [3.63, 3.8) is 0 Å². The molecule has 0 aliphatic heterocycles. The van der Waals surface area contributed by atoms with Crippen molar-refractivity contribution in [2.45, 2.75) is 39.8 Å². The number of nitrogens with one attached hydrogen (secondary N) is 1. The van der Waals surface area contributed by atoms with Gasteiger partial charge >= 0.3 is 0 Å². The molecule has 0 saturated heterocycles. The maximum Gasteiger partial charge on any atom is 0.261 e. The Morgan fingerprint density at radius 2 is 1.89 bits per heavy atom. The molecule has 2 rings (SSSR count). The average Bonchev–Trinajstić information content (AvgIpc) is 2.69. The monoisotopic (exact) mass is 494 g/mol. The van der Waals surface area contributed by atoms with Crippen molar-refractivity contribution >= 4 is 34.4 Å². The molecule has 2 amide bonds. The summed E-state index contributed by atoms with van der Waals surface area (Å²) in [6.07, 6.45) is 0.847. The molecule has 0 aliphatic rings. The number of amides is 2. The van der Waals surface area contributed by atoms with E-state index in [2.05, 4.69) is 27.9 Å². The third kappa shape index (κ3) is 6.82. The zero-order valence-corrected chi connectivity index (χ0v) is 18.7. The van der Waals surface area contributed by atoms with Gasteiger partial charge in [0.25, 0.3) is 5.91 Å². The highest BCUT2D eigenvalue weighted by molar-refractivity contribution is 14.1. The fourth-order valence-electron chi connectivity index (χ4n) is 2.74. The Bertz CT molecular complexity index is 793. The zero-order valence-electron chi connectivity index (χ0n) is 16.6. The van der Waals surface area contributed by atoms with Gasteiger partial charge in [-0.25, -0.2) is 0 Å². The Hall–Kier alpha value is -2.09. The van der Waals surface area contributed by atoms with Crippen LogP contribution in [-0.4, -0.2) is 35.9 Å². The van der Waals surface area contributed by atoms with Crippen LogP contribution in [0.1, 0.15) is 31.4 Å². The molecular formula is C22H27IN2O3. The van der Waals surface area contributed by atoms with Crippen LogP contribution in [0.2, 0.25) is 0 Å². The maximum absolute atomic E-state index is 12.9. The quantitative estimate of drug-likeness (QED) is 0.538. The first-order chi connectivity index (χ1) is 13.4. The third-order valence-electron chi connectivity index (χ3n) is 4.33. The van der Waals surface area contributed by atoms with Gasteiger partial charge < -0.3 is 15.0 Å². The molecular weight excluding hydrogens is 467 g/mol. The van der Waals surface area contributed by atoms with Crippen molar-refractivity contribution in [1.82, 2.24) is 10.2 Å². The molecule has 0 heterocycles. The first kappa shape index (κ1) is 22.2. The lowest BCUT2D eigenvalue weighted by atomic mass is 10.1. The molecule has 0 bridgehead atoms. The summed E-state index contributed by atoms with van der Waals surface area (Å²) < 4.78 is 6.75. The molecule has 0 radical (unpaired) electrons. The number of rotatable bonds is 9. The summed E-state index contributed by atoms with van der Waals surface area (Å²) in [4.78, 5) is 27.0. The van der Waals surface area contributed by atoms with Gasteiger partial charge in [-0.1, -0.05) is 36.8 Å². The van der Waals surface area contributed by atoms with E-state index in [9.17, 15) is 9.59 Å². The van der Waals surface area contributed by atoms with Crippen LogP contribution in [0.4, 0.5) is 0 Å². The molecule has 0 aromatic heterocycles. The first-order valence-corrected chi connectivity index (χ1v) is 10.5. The van der Waals surface area contributed by atoms with E-state index in [4.69, 9.17) is 4.74 Å². The van der Waals surface area contributed by atoms with Crippen molar-refractivity contribution in [2.75, 3.05) is 13.2 Å². The lowest BCUT2D eigenvalue weighted by Crippen LogP contribution is -2.49. The topological polar surface area (TPSA) is 58.6 Å². The first-order valence-electron chi connectivity index (χ1n) is 9.41. The Balaban J connectivity index is 2.12. The van der Waals surface area contributed by atoms with Crippen LogP contribution in [0.3, 0.4) is 0 Å². The van der Waals surface area contributed by atoms with Crippen molar-refractivity contribution in [1.29, 1.82) is 0 Å². The van der Waals surface area contributed by atoms with Crippen LogP contribution in [0, 0.1) is 10.5 Å². The zero-order chi connectivity index (χ0) is 20.5. The van der Waals surface area contributed by atoms with E-state index >= 15 is 0 Å². The normalized spacial score (nSPS) is 11.6. The second-order valence-corrected chi connectivity index (χ2v) is 7.97. The molecule has 5 nitrogen and oxygen atoms in total. The highest BCUT2D eigenvalue weighted by atomic mass is 127. The third-order valence-corrected chi connectivity index (χ3v) is 5.05. The summed E-state index contributed by atoms with van der Waals surface area (Å²) in [6.45, 7) is 6.59. The SMILES string of the molecule is CCCNC(=O)[C@H](C)N(Cc1cccc(C)c1)C(=O)COc1ccc(I)cc1. The van der Waals surface area contributed by atoms with Crippen molar-refractivity contribution < 1.29 is 14.3 Å². The van der Waals surface area contributed by atoms with Crippen LogP contribution in [0.25, 0.3) is 0 Å². The smallest absolute Gasteiger partial charge is 0.261 e. The highest BCUT2D eigenvalue weighted by Crippen LogP contribution is 2.15. The number of hydrogen-bond acceptors (Lipinski definition) is 3. The van der Waals surface area contributed by atoms with E-state index in [1.54, 1.807) is 11.8 Å². The van der Waals surface area contributed by atoms with Crippen LogP contribution in [0.5, 0.6) is 5.75 Å². The number of carbonyl (C=O) groups excluding carboxylic acids is 2. The fraction of sp³-hybridized carbons (Fsp3) is 0.364. The van der Waals surface area contributed by atoms with E-state index in [-0.39, 0.29) is 18.4 Å². The van der Waals surface area contributed by atoms with Gasteiger partial charge in [0.2, 0.25) is 5.91 Å². The summed E-state index contributed by atoms with van der Waals surface area (Å²) >= 11 is 2.22. The van der Waals surface area contributed by atoms with Crippen molar-refractivity contribution in [3.05, 3.63) is 63.2 Å². The number of nitrogens with zero attached hydrogens (tertiary/aromatic N) is 1. The van der Waals surface area contributed by atoms with Crippen LogP contribution >= 0.6 is 22.6 Å². The molecule has 2 aromatic rings. The minimum atomic E-state index is -0.583. The predicted octanol–water partition coefficient (Wildman–Crippen LogP) is 3.92. The average molecular weight is 494 g/mol. The second-order valence-electron chi connectivity index (χ2n) is 6.72. The molecule has 1 N–H and O–H groups in total. The molecule has 6 heteroatoms. The Labute approximate surface area is 180 Å². The minimum absolute atomic E-state index is 0.113. The number of ether oxygens (including phenoxy) is 1. The van der Waals surface area contributed by atoms with E-state index in [1.807, 2.05) is 62.4 Å². The van der Waals surface area contributed by atoms with Crippen molar-refractivity contribution in [3.8, 4) is 5.75 Å². The van der Waals surface area contributed by atoms with Gasteiger partial charge in [-0.3, -0.25) is 9.59 Å². The van der Waals surface area contributed by atoms with E-state index < -0.39 is 6.04 Å². The van der Waals surface area contributed by atoms with Crippen LogP contribution < -0.4 is 10.1 Å². The molecule has 28 heavy (non-hydrogen) atoms. The molecule has 0 saturated carbocycles. The minimum Gasteiger partial charge on any atom is -0.484 e. The Morgan fingerprint density at radius 3 is 2.54 bits per heavy atom. The summed E-state index contributed by atoms with van der Waals surface area (Å²) in [6, 6.07) is 14.9. The molecule has 0 spiro atoms. The van der Waals surface area contributed by atoms with Gasteiger partial charge in [-0.2, -0.15) is 0 Å². The molecule has 1 atom stereocenters. The number of aryl methyl sites for hydroxylation is 1. The molecule has 150 valence electrons. The maximum atomic E-state index is 12.9. The lowest BCUT2D eigenvalue weighted by molar-refractivity contribution is -0.142. The number of carbonyl (C=O) groups is 2. The van der Waals surface area contributed by atoms with Crippen LogP contribution in [-0.2, 0) is 16.1 Å². The van der Waals surface area contributed by atoms with Crippen molar-refractivity contribution in [2.24, 2.45) is 0 Å². The standard InChI is InChI=1S/C22H27IN2O3/c1-4-12-24-22(27)17(3)25(14-18-7-5-6-16(2)13-18)21(26)15-28-20-10-8-19(23)9-11-20/h5-11,13,17H,4,12,14-15H2,1-3H3,(H,24,27)/t17-/m0/s1. The largest absolute Gasteiger partial charge is 0.484 e. The summed E-state index contributed by atoms with van der Waals surface area (Å²) in [5, 5.41) is 2.87. The van der Waals surface area contributed by atoms with E-state index in [0.717, 1.165) is 21.1 Å². The van der Waals surface area contributed by atoms with Gasteiger partial charge in [0, 0.05) is 16.7 Å². The van der Waals surface area contributed by atoms with E-state index in [1.165, 1.54) is 0 Å². The summed E-state index contributed by atoms with van der Waals surface area (Å²) in [5.74, 6) is 0.253. The number of benzene rings is 2. The van der Waals surface area contributed by atoms with Gasteiger partial charge in [0.1, 0.15) is 11.8 Å². The second kappa shape index (κ2) is 11.0. The molecule has 0 aliphatic carbocycles. The Morgan fingerprint density at radius 1 is 1.18 bits per heavy atom.